The average Bonchev–Trinajstić information content (AvgIpc) is 3.12. The Kier molecular flexibility index (Phi) is 3.96. The van der Waals surface area contributed by atoms with Gasteiger partial charge in [0.1, 0.15) is 0 Å². The van der Waals surface area contributed by atoms with Crippen molar-refractivity contribution in [2.75, 3.05) is 5.32 Å². The lowest BCUT2D eigenvalue weighted by Gasteiger charge is -2.08. The minimum absolute atomic E-state index is 0.00242. The van der Waals surface area contributed by atoms with E-state index in [0.29, 0.717) is 17.5 Å². The average molecular weight is 300 g/mol. The summed E-state index contributed by atoms with van der Waals surface area (Å²) in [5.74, 6) is 0.799. The maximum absolute atomic E-state index is 12.5. The summed E-state index contributed by atoms with van der Waals surface area (Å²) in [4.78, 5) is 22.9. The Morgan fingerprint density at radius 3 is 2.95 bits per heavy atom. The van der Waals surface area contributed by atoms with Gasteiger partial charge in [-0.2, -0.15) is 0 Å². The molecule has 2 aliphatic carbocycles. The van der Waals surface area contributed by atoms with Gasteiger partial charge in [-0.05, 0) is 43.6 Å². The summed E-state index contributed by atoms with van der Waals surface area (Å²) in [6.45, 7) is 1.84. The normalized spacial score (nSPS) is 26.5. The summed E-state index contributed by atoms with van der Waals surface area (Å²) in [7, 11) is 0. The quantitative estimate of drug-likeness (QED) is 0.524. The molecule has 3 atom stereocenters. The number of carbonyl (C=O) groups is 1. The highest BCUT2D eigenvalue weighted by molar-refractivity contribution is 5.96. The Morgan fingerprint density at radius 1 is 1.36 bits per heavy atom. The zero-order chi connectivity index (χ0) is 15.7. The van der Waals surface area contributed by atoms with Crippen LogP contribution in [-0.4, -0.2) is 10.8 Å². The van der Waals surface area contributed by atoms with Crippen molar-refractivity contribution in [3.8, 4) is 0 Å². The van der Waals surface area contributed by atoms with E-state index >= 15 is 0 Å². The molecule has 0 bridgehead atoms. The molecule has 1 fully saturated rings. The molecule has 1 saturated carbocycles. The van der Waals surface area contributed by atoms with Gasteiger partial charge in [-0.25, -0.2) is 0 Å². The number of nitro benzene ring substituents is 1. The Morgan fingerprint density at radius 2 is 2.18 bits per heavy atom. The van der Waals surface area contributed by atoms with Gasteiger partial charge in [0.15, 0.2) is 0 Å². The summed E-state index contributed by atoms with van der Waals surface area (Å²) in [5, 5.41) is 13.7. The number of non-ortho nitro benzene ring substituents is 1. The van der Waals surface area contributed by atoms with Gasteiger partial charge in [0.05, 0.1) is 10.6 Å². The fourth-order valence-corrected chi connectivity index (χ4v) is 3.37. The fourth-order valence-electron chi connectivity index (χ4n) is 3.37. The van der Waals surface area contributed by atoms with Crippen molar-refractivity contribution in [1.29, 1.82) is 0 Å². The van der Waals surface area contributed by atoms with Crippen LogP contribution in [-0.2, 0) is 4.79 Å². The highest BCUT2D eigenvalue weighted by Crippen LogP contribution is 2.51. The number of hydrogen-bond donors (Lipinski definition) is 1. The second kappa shape index (κ2) is 5.91. The van der Waals surface area contributed by atoms with Crippen LogP contribution >= 0.6 is 0 Å². The summed E-state index contributed by atoms with van der Waals surface area (Å²) >= 11 is 0. The van der Waals surface area contributed by atoms with Crippen molar-refractivity contribution in [2.24, 2.45) is 17.8 Å². The predicted octanol–water partition coefficient (Wildman–Crippen LogP) is 3.83. The van der Waals surface area contributed by atoms with E-state index in [-0.39, 0.29) is 17.5 Å². The monoisotopic (exact) mass is 300 g/mol. The molecule has 0 radical (unpaired) electrons. The van der Waals surface area contributed by atoms with Crippen molar-refractivity contribution in [3.63, 3.8) is 0 Å². The van der Waals surface area contributed by atoms with E-state index in [9.17, 15) is 14.9 Å². The highest BCUT2D eigenvalue weighted by atomic mass is 16.6. The first-order valence-corrected chi connectivity index (χ1v) is 7.80. The number of carbonyl (C=O) groups excluding carboxylic acids is 1. The molecule has 22 heavy (non-hydrogen) atoms. The van der Waals surface area contributed by atoms with Gasteiger partial charge in [0, 0.05) is 18.1 Å². The van der Waals surface area contributed by atoms with Crippen molar-refractivity contribution in [2.45, 2.75) is 32.6 Å². The zero-order valence-electron chi connectivity index (χ0n) is 12.6. The summed E-state index contributed by atoms with van der Waals surface area (Å²) in [6.07, 6.45) is 8.92. The zero-order valence-corrected chi connectivity index (χ0v) is 12.6. The van der Waals surface area contributed by atoms with Gasteiger partial charge in [0.2, 0.25) is 5.91 Å². The SMILES string of the molecule is Cc1ccc([N+](=O)[O-])cc1NC(=O)[C@H]1[C@H]2C=CCCCC[C@H]21. The molecule has 0 unspecified atom stereocenters. The summed E-state index contributed by atoms with van der Waals surface area (Å²) in [5.41, 5.74) is 1.39. The highest BCUT2D eigenvalue weighted by Gasteiger charge is 2.52. The summed E-state index contributed by atoms with van der Waals surface area (Å²) < 4.78 is 0. The minimum atomic E-state index is -0.441. The van der Waals surface area contributed by atoms with Crippen molar-refractivity contribution >= 4 is 17.3 Å². The number of hydrogen-bond acceptors (Lipinski definition) is 3. The van der Waals surface area contributed by atoms with Crippen LogP contribution in [0.25, 0.3) is 0 Å². The van der Waals surface area contributed by atoms with Crippen molar-refractivity contribution in [3.05, 3.63) is 46.0 Å². The number of anilines is 1. The standard InChI is InChI=1S/C17H20N2O3/c1-11-8-9-12(19(21)22)10-15(11)18-17(20)16-13-6-4-2-3-5-7-14(13)16/h4,6,8-10,13-14,16H,2-3,5,7H2,1H3,(H,18,20)/t13-,14+,16-/m0/s1. The molecule has 5 heteroatoms. The third-order valence-electron chi connectivity index (χ3n) is 4.74. The molecule has 1 aromatic carbocycles. The van der Waals surface area contributed by atoms with Gasteiger partial charge in [-0.1, -0.05) is 24.6 Å². The third kappa shape index (κ3) is 2.89. The fraction of sp³-hybridized carbons (Fsp3) is 0.471. The lowest BCUT2D eigenvalue weighted by atomic mass is 10.1. The molecule has 0 saturated heterocycles. The van der Waals surface area contributed by atoms with E-state index in [1.54, 1.807) is 6.07 Å². The van der Waals surface area contributed by atoms with Crippen molar-refractivity contribution < 1.29 is 9.72 Å². The Labute approximate surface area is 129 Å². The molecule has 2 aliphatic rings. The Bertz CT molecular complexity index is 639. The largest absolute Gasteiger partial charge is 0.325 e. The van der Waals surface area contributed by atoms with Crippen LogP contribution in [0.2, 0.25) is 0 Å². The summed E-state index contributed by atoms with van der Waals surface area (Å²) in [6, 6.07) is 4.57. The Balaban J connectivity index is 1.72. The number of nitrogens with one attached hydrogen (secondary N) is 1. The first-order valence-electron chi connectivity index (χ1n) is 7.80. The molecule has 0 spiro atoms. The third-order valence-corrected chi connectivity index (χ3v) is 4.74. The van der Waals surface area contributed by atoms with Crippen LogP contribution in [0.5, 0.6) is 0 Å². The molecular weight excluding hydrogens is 280 g/mol. The molecule has 0 aliphatic heterocycles. The van der Waals surface area contributed by atoms with Crippen LogP contribution in [0.4, 0.5) is 11.4 Å². The second-order valence-corrected chi connectivity index (χ2v) is 6.23. The maximum Gasteiger partial charge on any atom is 0.271 e. The van der Waals surface area contributed by atoms with Gasteiger partial charge in [0.25, 0.3) is 5.69 Å². The molecule has 1 aromatic rings. The van der Waals surface area contributed by atoms with Crippen LogP contribution in [0.3, 0.4) is 0 Å². The van der Waals surface area contributed by atoms with Crippen LogP contribution in [0, 0.1) is 34.8 Å². The number of benzene rings is 1. The van der Waals surface area contributed by atoms with Crippen LogP contribution in [0.15, 0.2) is 30.4 Å². The molecule has 1 amide bonds. The number of amides is 1. The topological polar surface area (TPSA) is 72.2 Å². The predicted molar refractivity (Wildman–Crippen MR) is 84.5 cm³/mol. The molecule has 1 N–H and O–H groups in total. The molecule has 5 nitrogen and oxygen atoms in total. The number of rotatable bonds is 3. The molecule has 3 rings (SSSR count). The first kappa shape index (κ1) is 14.8. The molecular formula is C17H20N2O3. The van der Waals surface area contributed by atoms with E-state index in [1.807, 2.05) is 6.92 Å². The van der Waals surface area contributed by atoms with E-state index in [4.69, 9.17) is 0 Å². The minimum Gasteiger partial charge on any atom is -0.325 e. The van der Waals surface area contributed by atoms with Crippen LogP contribution < -0.4 is 5.32 Å². The van der Waals surface area contributed by atoms with E-state index in [0.717, 1.165) is 18.4 Å². The van der Waals surface area contributed by atoms with E-state index in [1.165, 1.54) is 25.0 Å². The molecule has 116 valence electrons. The number of nitro groups is 1. The van der Waals surface area contributed by atoms with Crippen molar-refractivity contribution in [1.82, 2.24) is 0 Å². The molecule has 0 heterocycles. The van der Waals surface area contributed by atoms with Gasteiger partial charge >= 0.3 is 0 Å². The smallest absolute Gasteiger partial charge is 0.271 e. The number of allylic oxidation sites excluding steroid dienone is 2. The number of nitrogens with zero attached hydrogens (tertiary/aromatic N) is 1. The van der Waals surface area contributed by atoms with Gasteiger partial charge in [-0.15, -0.1) is 0 Å². The number of aryl methyl sites for hydroxylation is 1. The lowest BCUT2D eigenvalue weighted by molar-refractivity contribution is -0.384. The van der Waals surface area contributed by atoms with Gasteiger partial charge < -0.3 is 5.32 Å². The van der Waals surface area contributed by atoms with E-state index < -0.39 is 4.92 Å². The second-order valence-electron chi connectivity index (χ2n) is 6.23. The van der Waals surface area contributed by atoms with Gasteiger partial charge in [-0.3, -0.25) is 14.9 Å². The Hall–Kier alpha value is -2.17. The van der Waals surface area contributed by atoms with E-state index in [2.05, 4.69) is 17.5 Å². The lowest BCUT2D eigenvalue weighted by Crippen LogP contribution is -2.16. The maximum atomic E-state index is 12.5. The first-order chi connectivity index (χ1) is 10.6. The molecule has 0 aromatic heterocycles. The van der Waals surface area contributed by atoms with Crippen LogP contribution in [0.1, 0.15) is 31.2 Å². The number of fused-ring (bicyclic) bond motifs is 1.